The Morgan fingerprint density at radius 3 is 3.00 bits per heavy atom. The average molecular weight is 203 g/mol. The van der Waals surface area contributed by atoms with E-state index < -0.39 is 5.91 Å². The molecule has 0 heterocycles. The lowest BCUT2D eigenvalue weighted by molar-refractivity contribution is 0.100. The van der Waals surface area contributed by atoms with Gasteiger partial charge in [0.1, 0.15) is 0 Å². The van der Waals surface area contributed by atoms with Gasteiger partial charge in [-0.2, -0.15) is 5.26 Å². The number of nitrogens with zero attached hydrogens (tertiary/aromatic N) is 1. The smallest absolute Gasteiger partial charge is 0.248 e. The van der Waals surface area contributed by atoms with Gasteiger partial charge in [-0.1, -0.05) is 6.07 Å². The summed E-state index contributed by atoms with van der Waals surface area (Å²) >= 11 is 0. The molecule has 0 aliphatic rings. The molecule has 0 saturated carbocycles. The lowest BCUT2D eigenvalue weighted by Crippen LogP contribution is -2.11. The van der Waals surface area contributed by atoms with Crippen LogP contribution < -0.4 is 11.1 Å². The van der Waals surface area contributed by atoms with E-state index in [1.165, 1.54) is 0 Å². The van der Waals surface area contributed by atoms with Crippen LogP contribution in [0.4, 0.5) is 5.69 Å². The molecule has 0 unspecified atom stereocenters. The number of rotatable bonds is 5. The number of unbranched alkanes of at least 4 members (excludes halogenated alkanes) is 1. The van der Waals surface area contributed by atoms with Crippen LogP contribution in [0.1, 0.15) is 23.2 Å². The SMILES string of the molecule is N#CCCCNc1cccc(C(N)=O)c1. The van der Waals surface area contributed by atoms with E-state index in [0.29, 0.717) is 12.0 Å². The van der Waals surface area contributed by atoms with Gasteiger partial charge in [0.2, 0.25) is 5.91 Å². The molecule has 15 heavy (non-hydrogen) atoms. The maximum absolute atomic E-state index is 10.9. The van der Waals surface area contributed by atoms with Crippen molar-refractivity contribution in [3.63, 3.8) is 0 Å². The number of nitriles is 1. The van der Waals surface area contributed by atoms with Crippen LogP contribution in [0.15, 0.2) is 24.3 Å². The largest absolute Gasteiger partial charge is 0.385 e. The fraction of sp³-hybridized carbons (Fsp3) is 0.273. The van der Waals surface area contributed by atoms with Crippen LogP contribution in [0.2, 0.25) is 0 Å². The van der Waals surface area contributed by atoms with Gasteiger partial charge in [0.25, 0.3) is 0 Å². The molecule has 0 atom stereocenters. The molecule has 3 N–H and O–H groups in total. The van der Waals surface area contributed by atoms with E-state index in [4.69, 9.17) is 11.0 Å². The minimum Gasteiger partial charge on any atom is -0.385 e. The molecule has 1 amide bonds. The Kier molecular flexibility index (Phi) is 4.17. The van der Waals surface area contributed by atoms with E-state index in [1.54, 1.807) is 18.2 Å². The first-order valence-corrected chi connectivity index (χ1v) is 4.74. The first-order chi connectivity index (χ1) is 7.24. The van der Waals surface area contributed by atoms with E-state index in [1.807, 2.05) is 6.07 Å². The van der Waals surface area contributed by atoms with Gasteiger partial charge in [-0.15, -0.1) is 0 Å². The molecule has 0 spiro atoms. The van der Waals surface area contributed by atoms with Crippen molar-refractivity contribution in [1.29, 1.82) is 5.26 Å². The molecular weight excluding hydrogens is 190 g/mol. The van der Waals surface area contributed by atoms with Crippen molar-refractivity contribution in [3.8, 4) is 6.07 Å². The van der Waals surface area contributed by atoms with E-state index >= 15 is 0 Å². The van der Waals surface area contributed by atoms with Crippen molar-refractivity contribution in [2.75, 3.05) is 11.9 Å². The topological polar surface area (TPSA) is 78.9 Å². The second-order valence-electron chi connectivity index (χ2n) is 3.13. The molecule has 4 heteroatoms. The van der Waals surface area contributed by atoms with E-state index in [2.05, 4.69) is 11.4 Å². The monoisotopic (exact) mass is 203 g/mol. The fourth-order valence-corrected chi connectivity index (χ4v) is 1.18. The third kappa shape index (κ3) is 3.69. The Bertz CT molecular complexity index is 382. The van der Waals surface area contributed by atoms with Gasteiger partial charge >= 0.3 is 0 Å². The molecule has 0 aliphatic carbocycles. The highest BCUT2D eigenvalue weighted by Crippen LogP contribution is 2.10. The summed E-state index contributed by atoms with van der Waals surface area (Å²) in [6.07, 6.45) is 1.32. The Labute approximate surface area is 88.7 Å². The van der Waals surface area contributed by atoms with Crippen LogP contribution in [-0.2, 0) is 0 Å². The van der Waals surface area contributed by atoms with Crippen LogP contribution in [0.5, 0.6) is 0 Å². The van der Waals surface area contributed by atoms with Gasteiger partial charge < -0.3 is 11.1 Å². The van der Waals surface area contributed by atoms with Gasteiger partial charge in [-0.3, -0.25) is 4.79 Å². The van der Waals surface area contributed by atoms with Crippen LogP contribution in [0.3, 0.4) is 0 Å². The van der Waals surface area contributed by atoms with E-state index in [-0.39, 0.29) is 0 Å². The van der Waals surface area contributed by atoms with Crippen LogP contribution in [0.25, 0.3) is 0 Å². The molecule has 78 valence electrons. The highest BCUT2D eigenvalue weighted by molar-refractivity contribution is 5.93. The normalized spacial score (nSPS) is 9.27. The molecule has 4 nitrogen and oxygen atoms in total. The van der Waals surface area contributed by atoms with E-state index in [0.717, 1.165) is 18.7 Å². The fourth-order valence-electron chi connectivity index (χ4n) is 1.18. The van der Waals surface area contributed by atoms with Crippen molar-refractivity contribution in [1.82, 2.24) is 0 Å². The maximum atomic E-state index is 10.9. The molecule has 1 aromatic carbocycles. The number of amides is 1. The number of nitrogens with one attached hydrogen (secondary N) is 1. The highest BCUT2D eigenvalue weighted by atomic mass is 16.1. The second-order valence-corrected chi connectivity index (χ2v) is 3.13. The number of carbonyl (C=O) groups excluding carboxylic acids is 1. The number of hydrogen-bond donors (Lipinski definition) is 2. The van der Waals surface area contributed by atoms with Crippen molar-refractivity contribution in [2.45, 2.75) is 12.8 Å². The molecule has 0 aromatic heterocycles. The standard InChI is InChI=1S/C11H13N3O/c12-6-1-2-7-14-10-5-3-4-9(8-10)11(13)15/h3-5,8,14H,1-2,7H2,(H2,13,15). The highest BCUT2D eigenvalue weighted by Gasteiger charge is 2.00. The van der Waals surface area contributed by atoms with Gasteiger partial charge in [0, 0.05) is 24.2 Å². The third-order valence-corrected chi connectivity index (χ3v) is 1.94. The lowest BCUT2D eigenvalue weighted by atomic mass is 10.2. The van der Waals surface area contributed by atoms with Gasteiger partial charge in [0.05, 0.1) is 6.07 Å². The zero-order valence-corrected chi connectivity index (χ0v) is 8.36. The summed E-state index contributed by atoms with van der Waals surface area (Å²) in [6, 6.07) is 9.07. The molecule has 0 aliphatic heterocycles. The number of nitrogens with two attached hydrogens (primary N) is 1. The van der Waals surface area contributed by atoms with Gasteiger partial charge in [-0.25, -0.2) is 0 Å². The lowest BCUT2D eigenvalue weighted by Gasteiger charge is -2.05. The van der Waals surface area contributed by atoms with Crippen molar-refractivity contribution in [3.05, 3.63) is 29.8 Å². The Morgan fingerprint density at radius 2 is 2.33 bits per heavy atom. The molecule has 0 fully saturated rings. The quantitative estimate of drug-likeness (QED) is 0.712. The number of carbonyl (C=O) groups is 1. The Morgan fingerprint density at radius 1 is 1.53 bits per heavy atom. The first-order valence-electron chi connectivity index (χ1n) is 4.74. The van der Waals surface area contributed by atoms with Crippen LogP contribution in [0, 0.1) is 11.3 Å². The van der Waals surface area contributed by atoms with Crippen molar-refractivity contribution in [2.24, 2.45) is 5.73 Å². The van der Waals surface area contributed by atoms with Crippen LogP contribution >= 0.6 is 0 Å². The molecule has 0 radical (unpaired) electrons. The van der Waals surface area contributed by atoms with Crippen molar-refractivity contribution < 1.29 is 4.79 Å². The number of benzene rings is 1. The molecule has 1 aromatic rings. The summed E-state index contributed by atoms with van der Waals surface area (Å²) in [7, 11) is 0. The number of primary amides is 1. The Hall–Kier alpha value is -2.02. The molecular formula is C11H13N3O. The summed E-state index contributed by atoms with van der Waals surface area (Å²) in [5.41, 5.74) is 6.49. The predicted molar refractivity (Wildman–Crippen MR) is 58.3 cm³/mol. The summed E-state index contributed by atoms with van der Waals surface area (Å²) in [5, 5.41) is 11.5. The summed E-state index contributed by atoms with van der Waals surface area (Å²) in [6.45, 7) is 0.718. The van der Waals surface area contributed by atoms with Crippen molar-refractivity contribution >= 4 is 11.6 Å². The summed E-state index contributed by atoms with van der Waals surface area (Å²) < 4.78 is 0. The molecule has 0 saturated heterocycles. The zero-order valence-electron chi connectivity index (χ0n) is 8.36. The Balaban J connectivity index is 2.51. The molecule has 1 rings (SSSR count). The first kappa shape index (κ1) is 11.1. The van der Waals surface area contributed by atoms with Gasteiger partial charge in [-0.05, 0) is 24.6 Å². The average Bonchev–Trinajstić information content (AvgIpc) is 2.25. The predicted octanol–water partition coefficient (Wildman–Crippen LogP) is 1.50. The summed E-state index contributed by atoms with van der Waals surface area (Å²) in [5.74, 6) is -0.435. The maximum Gasteiger partial charge on any atom is 0.248 e. The second kappa shape index (κ2) is 5.66. The van der Waals surface area contributed by atoms with Gasteiger partial charge in [0.15, 0.2) is 0 Å². The zero-order chi connectivity index (χ0) is 11.1. The minimum absolute atomic E-state index is 0.435. The molecule has 0 bridgehead atoms. The number of anilines is 1. The minimum atomic E-state index is -0.435. The van der Waals surface area contributed by atoms with Crippen LogP contribution in [-0.4, -0.2) is 12.5 Å². The number of hydrogen-bond acceptors (Lipinski definition) is 3. The third-order valence-electron chi connectivity index (χ3n) is 1.94. The van der Waals surface area contributed by atoms with E-state index in [9.17, 15) is 4.79 Å². The summed E-state index contributed by atoms with van der Waals surface area (Å²) in [4.78, 5) is 10.9.